The molecule has 1 amide bonds. The topological polar surface area (TPSA) is 41.6 Å². The summed E-state index contributed by atoms with van der Waals surface area (Å²) in [5, 5.41) is 4.14. The number of amides is 1. The number of para-hydroxylation sites is 1. The van der Waals surface area contributed by atoms with E-state index < -0.39 is 0 Å². The summed E-state index contributed by atoms with van der Waals surface area (Å²) in [6.07, 6.45) is 2.19. The van der Waals surface area contributed by atoms with Gasteiger partial charge < -0.3 is 10.1 Å². The largest absolute Gasteiger partial charge is 0.457 e. The van der Waals surface area contributed by atoms with Crippen LogP contribution in [0.4, 0.5) is 0 Å². The van der Waals surface area contributed by atoms with Crippen LogP contribution in [0.1, 0.15) is 24.0 Å². The molecule has 1 N–H and O–H groups in total. The molecule has 3 aromatic rings. The molecule has 0 atom stereocenters. The minimum absolute atomic E-state index is 0.0209. The van der Waals surface area contributed by atoms with Crippen molar-refractivity contribution in [3.63, 3.8) is 0 Å². The number of carbonyl (C=O) groups excluding carboxylic acids is 1. The van der Waals surface area contributed by atoms with Crippen LogP contribution in [0, 0.1) is 0 Å². The van der Waals surface area contributed by atoms with Crippen molar-refractivity contribution in [3.05, 3.63) is 94.0 Å². The van der Waals surface area contributed by atoms with Crippen molar-refractivity contribution in [1.29, 1.82) is 0 Å². The molecule has 166 valence electrons. The fraction of sp³-hybridized carbons (Fsp3) is 0.269. The van der Waals surface area contributed by atoms with E-state index in [0.29, 0.717) is 16.5 Å². The number of benzene rings is 3. The van der Waals surface area contributed by atoms with Gasteiger partial charge in [0.1, 0.15) is 11.5 Å². The minimum atomic E-state index is 0.0209. The Kier molecular flexibility index (Phi) is 7.69. The van der Waals surface area contributed by atoms with Crippen molar-refractivity contribution in [3.8, 4) is 11.5 Å². The standard InChI is InChI=1S/C26H26Cl2N2O2/c27-24-10-9-19(16-25(24)28)17-26(31)29-21-11-13-30(14-12-21)18-20-5-4-8-23(15-20)32-22-6-2-1-3-7-22/h1-10,15-16,21H,11-14,17-18H2,(H,29,31). The zero-order valence-corrected chi connectivity index (χ0v) is 19.3. The average molecular weight is 469 g/mol. The summed E-state index contributed by atoms with van der Waals surface area (Å²) in [5.41, 5.74) is 2.09. The second kappa shape index (κ2) is 10.9. The summed E-state index contributed by atoms with van der Waals surface area (Å²) in [4.78, 5) is 14.8. The first-order valence-corrected chi connectivity index (χ1v) is 11.6. The number of hydrogen-bond donors (Lipinski definition) is 1. The van der Waals surface area contributed by atoms with Crippen LogP contribution in [0.25, 0.3) is 0 Å². The van der Waals surface area contributed by atoms with Crippen molar-refractivity contribution in [1.82, 2.24) is 10.2 Å². The zero-order chi connectivity index (χ0) is 22.3. The molecule has 3 aromatic carbocycles. The maximum atomic E-state index is 12.4. The predicted molar refractivity (Wildman–Crippen MR) is 130 cm³/mol. The maximum Gasteiger partial charge on any atom is 0.224 e. The Balaban J connectivity index is 1.24. The van der Waals surface area contributed by atoms with E-state index in [1.807, 2.05) is 48.5 Å². The number of rotatable bonds is 7. The van der Waals surface area contributed by atoms with E-state index in [4.69, 9.17) is 27.9 Å². The van der Waals surface area contributed by atoms with Crippen LogP contribution in [0.15, 0.2) is 72.8 Å². The van der Waals surface area contributed by atoms with Crippen molar-refractivity contribution in [2.24, 2.45) is 0 Å². The molecule has 0 saturated carbocycles. The third kappa shape index (κ3) is 6.49. The van der Waals surface area contributed by atoms with Crippen LogP contribution in [-0.2, 0) is 17.8 Å². The summed E-state index contributed by atoms with van der Waals surface area (Å²) < 4.78 is 5.95. The van der Waals surface area contributed by atoms with E-state index in [9.17, 15) is 4.79 Å². The molecular weight excluding hydrogens is 443 g/mol. The molecule has 0 bridgehead atoms. The molecule has 0 spiro atoms. The zero-order valence-electron chi connectivity index (χ0n) is 17.8. The van der Waals surface area contributed by atoms with Gasteiger partial charge in [0.2, 0.25) is 5.91 Å². The molecule has 0 radical (unpaired) electrons. The van der Waals surface area contributed by atoms with E-state index >= 15 is 0 Å². The Bertz CT molecular complexity index is 1050. The summed E-state index contributed by atoms with van der Waals surface area (Å²) in [7, 11) is 0. The number of nitrogens with zero attached hydrogens (tertiary/aromatic N) is 1. The summed E-state index contributed by atoms with van der Waals surface area (Å²) >= 11 is 12.0. The van der Waals surface area contributed by atoms with Gasteiger partial charge in [-0.1, -0.05) is 59.6 Å². The Morgan fingerprint density at radius 3 is 2.38 bits per heavy atom. The van der Waals surface area contributed by atoms with Gasteiger partial charge in [-0.05, 0) is 60.4 Å². The van der Waals surface area contributed by atoms with Crippen LogP contribution in [0.5, 0.6) is 11.5 Å². The Morgan fingerprint density at radius 2 is 1.62 bits per heavy atom. The van der Waals surface area contributed by atoms with E-state index in [-0.39, 0.29) is 11.9 Å². The van der Waals surface area contributed by atoms with Crippen molar-refractivity contribution >= 4 is 29.1 Å². The number of nitrogens with one attached hydrogen (secondary N) is 1. The highest BCUT2D eigenvalue weighted by Crippen LogP contribution is 2.24. The molecule has 4 nitrogen and oxygen atoms in total. The van der Waals surface area contributed by atoms with Crippen molar-refractivity contribution in [2.75, 3.05) is 13.1 Å². The Morgan fingerprint density at radius 1 is 0.875 bits per heavy atom. The van der Waals surface area contributed by atoms with Crippen molar-refractivity contribution < 1.29 is 9.53 Å². The van der Waals surface area contributed by atoms with Gasteiger partial charge in [-0.3, -0.25) is 9.69 Å². The quantitative estimate of drug-likeness (QED) is 0.454. The average Bonchev–Trinajstić information content (AvgIpc) is 2.79. The molecule has 1 saturated heterocycles. The molecule has 1 fully saturated rings. The molecular formula is C26H26Cl2N2O2. The van der Waals surface area contributed by atoms with Crippen LogP contribution in [0.2, 0.25) is 10.0 Å². The van der Waals surface area contributed by atoms with Gasteiger partial charge in [-0.25, -0.2) is 0 Å². The van der Waals surface area contributed by atoms with E-state index in [1.54, 1.807) is 12.1 Å². The van der Waals surface area contributed by atoms with Gasteiger partial charge in [-0.2, -0.15) is 0 Å². The highest BCUT2D eigenvalue weighted by molar-refractivity contribution is 6.42. The molecule has 6 heteroatoms. The van der Waals surface area contributed by atoms with E-state index in [2.05, 4.69) is 22.3 Å². The molecule has 0 aromatic heterocycles. The lowest BCUT2D eigenvalue weighted by Gasteiger charge is -2.32. The van der Waals surface area contributed by atoms with E-state index in [0.717, 1.165) is 49.5 Å². The number of hydrogen-bond acceptors (Lipinski definition) is 3. The van der Waals surface area contributed by atoms with Gasteiger partial charge in [0.05, 0.1) is 16.5 Å². The van der Waals surface area contributed by atoms with Crippen LogP contribution >= 0.6 is 23.2 Å². The Labute approximate surface area is 199 Å². The fourth-order valence-corrected chi connectivity index (χ4v) is 4.26. The summed E-state index contributed by atoms with van der Waals surface area (Å²) in [6.45, 7) is 2.76. The highest BCUT2D eigenvalue weighted by Gasteiger charge is 2.21. The minimum Gasteiger partial charge on any atom is -0.457 e. The monoisotopic (exact) mass is 468 g/mol. The van der Waals surface area contributed by atoms with Crippen LogP contribution in [-0.4, -0.2) is 29.9 Å². The molecule has 1 aliphatic rings. The molecule has 4 rings (SSSR count). The summed E-state index contributed by atoms with van der Waals surface area (Å²) in [6, 6.07) is 23.6. The second-order valence-electron chi connectivity index (χ2n) is 8.11. The number of halogens is 2. The lowest BCUT2D eigenvalue weighted by Crippen LogP contribution is -2.44. The maximum absolute atomic E-state index is 12.4. The molecule has 1 heterocycles. The van der Waals surface area contributed by atoms with Crippen LogP contribution < -0.4 is 10.1 Å². The Hall–Kier alpha value is -2.53. The lowest BCUT2D eigenvalue weighted by molar-refractivity contribution is -0.121. The number of likely N-dealkylation sites (tertiary alicyclic amines) is 1. The fourth-order valence-electron chi connectivity index (χ4n) is 3.94. The third-order valence-corrected chi connectivity index (χ3v) is 6.32. The smallest absolute Gasteiger partial charge is 0.224 e. The molecule has 32 heavy (non-hydrogen) atoms. The predicted octanol–water partition coefficient (Wildman–Crippen LogP) is 6.11. The molecule has 0 unspecified atom stereocenters. The van der Waals surface area contributed by atoms with Gasteiger partial charge in [0.15, 0.2) is 0 Å². The number of piperidine rings is 1. The SMILES string of the molecule is O=C(Cc1ccc(Cl)c(Cl)c1)NC1CCN(Cc2cccc(Oc3ccccc3)c2)CC1. The lowest BCUT2D eigenvalue weighted by atomic mass is 10.0. The molecule has 0 aliphatic carbocycles. The molecule has 1 aliphatic heterocycles. The van der Waals surface area contributed by atoms with Gasteiger partial charge in [0, 0.05) is 25.7 Å². The van der Waals surface area contributed by atoms with Gasteiger partial charge in [-0.15, -0.1) is 0 Å². The van der Waals surface area contributed by atoms with Crippen molar-refractivity contribution in [2.45, 2.75) is 31.8 Å². The van der Waals surface area contributed by atoms with E-state index in [1.165, 1.54) is 5.56 Å². The second-order valence-corrected chi connectivity index (χ2v) is 8.92. The number of ether oxygens (including phenoxy) is 1. The first kappa shape index (κ1) is 22.7. The highest BCUT2D eigenvalue weighted by atomic mass is 35.5. The van der Waals surface area contributed by atoms with Crippen LogP contribution in [0.3, 0.4) is 0 Å². The normalized spacial score (nSPS) is 14.8. The third-order valence-electron chi connectivity index (χ3n) is 5.58. The van der Waals surface area contributed by atoms with Gasteiger partial charge >= 0.3 is 0 Å². The first-order valence-electron chi connectivity index (χ1n) is 10.8. The number of carbonyl (C=O) groups is 1. The first-order chi connectivity index (χ1) is 15.5. The van der Waals surface area contributed by atoms with Gasteiger partial charge in [0.25, 0.3) is 0 Å². The summed E-state index contributed by atoms with van der Waals surface area (Å²) in [5.74, 6) is 1.70.